The summed E-state index contributed by atoms with van der Waals surface area (Å²) in [6.45, 7) is 5.04. The molecule has 0 saturated heterocycles. The molecule has 0 aliphatic rings. The van der Waals surface area contributed by atoms with Crippen LogP contribution in [0.2, 0.25) is 0 Å². The van der Waals surface area contributed by atoms with Gasteiger partial charge in [0.15, 0.2) is 0 Å². The minimum absolute atomic E-state index is 0.831. The summed E-state index contributed by atoms with van der Waals surface area (Å²) >= 11 is 3.41. The van der Waals surface area contributed by atoms with Gasteiger partial charge in [0.25, 0.3) is 0 Å². The number of aromatic nitrogens is 2. The molecule has 2 rings (SSSR count). The van der Waals surface area contributed by atoms with Crippen molar-refractivity contribution >= 4 is 21.7 Å². The Morgan fingerprint density at radius 3 is 2.79 bits per heavy atom. The van der Waals surface area contributed by atoms with Gasteiger partial charge in [-0.15, -0.1) is 0 Å². The van der Waals surface area contributed by atoms with Crippen LogP contribution in [0.3, 0.4) is 0 Å². The number of hydrogen-bond acceptors (Lipinski definition) is 3. The third kappa shape index (κ3) is 4.31. The van der Waals surface area contributed by atoms with E-state index in [4.69, 9.17) is 0 Å². The Labute approximate surface area is 122 Å². The quantitative estimate of drug-likeness (QED) is 0.852. The highest BCUT2D eigenvalue weighted by Crippen LogP contribution is 2.13. The van der Waals surface area contributed by atoms with Gasteiger partial charge in [0, 0.05) is 19.0 Å². The van der Waals surface area contributed by atoms with Crippen LogP contribution < -0.4 is 5.32 Å². The highest BCUT2D eigenvalue weighted by Gasteiger charge is 2.01. The lowest BCUT2D eigenvalue weighted by atomic mass is 10.1. The summed E-state index contributed by atoms with van der Waals surface area (Å²) in [6, 6.07) is 10.5. The summed E-state index contributed by atoms with van der Waals surface area (Å²) in [5.74, 6) is 1.74. The van der Waals surface area contributed by atoms with Gasteiger partial charge in [-0.1, -0.05) is 36.8 Å². The maximum absolute atomic E-state index is 4.45. The lowest BCUT2D eigenvalue weighted by Gasteiger charge is -2.08. The average molecular weight is 320 g/mol. The number of anilines is 1. The van der Waals surface area contributed by atoms with E-state index in [9.17, 15) is 0 Å². The molecule has 1 aromatic heterocycles. The van der Waals surface area contributed by atoms with Crippen LogP contribution in [-0.2, 0) is 12.8 Å². The van der Waals surface area contributed by atoms with Crippen LogP contribution in [0.4, 0.5) is 5.82 Å². The predicted molar refractivity (Wildman–Crippen MR) is 82.5 cm³/mol. The molecular weight excluding hydrogens is 302 g/mol. The van der Waals surface area contributed by atoms with Crippen LogP contribution in [0.1, 0.15) is 23.9 Å². The maximum Gasteiger partial charge on any atom is 0.131 e. The molecule has 0 spiro atoms. The fourth-order valence-electron chi connectivity index (χ4n) is 1.92. The Bertz CT molecular complexity index is 555. The summed E-state index contributed by atoms with van der Waals surface area (Å²) in [4.78, 5) is 8.74. The van der Waals surface area contributed by atoms with E-state index in [2.05, 4.69) is 69.3 Å². The molecule has 0 radical (unpaired) electrons. The molecule has 0 amide bonds. The van der Waals surface area contributed by atoms with Gasteiger partial charge < -0.3 is 5.32 Å². The van der Waals surface area contributed by atoms with Gasteiger partial charge in [0.1, 0.15) is 16.2 Å². The molecule has 0 aliphatic heterocycles. The molecule has 4 heteroatoms. The van der Waals surface area contributed by atoms with E-state index in [1.807, 2.05) is 6.07 Å². The van der Waals surface area contributed by atoms with Crippen molar-refractivity contribution in [1.82, 2.24) is 9.97 Å². The van der Waals surface area contributed by atoms with Crippen LogP contribution >= 0.6 is 15.9 Å². The topological polar surface area (TPSA) is 37.8 Å². The maximum atomic E-state index is 4.45. The molecule has 0 atom stereocenters. The molecule has 1 aromatic carbocycles. The second-order valence-electron chi connectivity index (χ2n) is 4.51. The molecule has 0 aliphatic carbocycles. The van der Waals surface area contributed by atoms with Crippen molar-refractivity contribution < 1.29 is 0 Å². The summed E-state index contributed by atoms with van der Waals surface area (Å²) < 4.78 is 0.831. The van der Waals surface area contributed by atoms with Gasteiger partial charge in [0.05, 0.1) is 0 Å². The number of halogens is 1. The smallest absolute Gasteiger partial charge is 0.131 e. The van der Waals surface area contributed by atoms with Crippen molar-refractivity contribution in [3.8, 4) is 0 Å². The first-order valence-electron chi connectivity index (χ1n) is 6.50. The molecule has 0 unspecified atom stereocenters. The lowest BCUT2D eigenvalue weighted by molar-refractivity contribution is 0.915. The normalized spacial score (nSPS) is 10.5. The zero-order chi connectivity index (χ0) is 13.7. The molecule has 1 N–H and O–H groups in total. The second-order valence-corrected chi connectivity index (χ2v) is 5.32. The first kappa shape index (κ1) is 14.0. The van der Waals surface area contributed by atoms with E-state index in [1.54, 1.807) is 0 Å². The van der Waals surface area contributed by atoms with Crippen molar-refractivity contribution in [3.63, 3.8) is 0 Å². The molecule has 3 nitrogen and oxygen atoms in total. The molecule has 0 bridgehead atoms. The summed E-state index contributed by atoms with van der Waals surface area (Å²) in [7, 11) is 0. The van der Waals surface area contributed by atoms with Crippen molar-refractivity contribution in [2.24, 2.45) is 0 Å². The van der Waals surface area contributed by atoms with Crippen molar-refractivity contribution in [2.75, 3.05) is 11.9 Å². The van der Waals surface area contributed by atoms with Crippen LogP contribution in [0.15, 0.2) is 34.9 Å². The van der Waals surface area contributed by atoms with E-state index >= 15 is 0 Å². The van der Waals surface area contributed by atoms with E-state index in [1.165, 1.54) is 11.1 Å². The average Bonchev–Trinajstić information content (AvgIpc) is 2.38. The standard InChI is InChI=1S/C15H18BrN3/c1-3-14-18-13(16)10-15(19-14)17-8-7-12-6-4-5-11(2)9-12/h4-6,9-10H,3,7-8H2,1-2H3,(H,17,18,19). The van der Waals surface area contributed by atoms with Crippen molar-refractivity contribution in [1.29, 1.82) is 0 Å². The largest absolute Gasteiger partial charge is 0.370 e. The summed E-state index contributed by atoms with van der Waals surface area (Å²) in [5, 5.41) is 3.35. The number of hydrogen-bond donors (Lipinski definition) is 1. The van der Waals surface area contributed by atoms with Gasteiger partial charge in [-0.05, 0) is 34.8 Å². The zero-order valence-corrected chi connectivity index (χ0v) is 12.9. The Morgan fingerprint density at radius 2 is 2.05 bits per heavy atom. The second kappa shape index (κ2) is 6.66. The molecule has 2 aromatic rings. The minimum atomic E-state index is 0.831. The predicted octanol–water partition coefficient (Wildman–Crippen LogP) is 3.76. The minimum Gasteiger partial charge on any atom is -0.370 e. The van der Waals surface area contributed by atoms with Gasteiger partial charge in [0.2, 0.25) is 0 Å². The van der Waals surface area contributed by atoms with E-state index in [0.29, 0.717) is 0 Å². The summed E-state index contributed by atoms with van der Waals surface area (Å²) in [6.07, 6.45) is 1.83. The van der Waals surface area contributed by atoms with Crippen LogP contribution in [0.5, 0.6) is 0 Å². The monoisotopic (exact) mass is 319 g/mol. The first-order valence-corrected chi connectivity index (χ1v) is 7.29. The highest BCUT2D eigenvalue weighted by molar-refractivity contribution is 9.10. The third-order valence-electron chi connectivity index (χ3n) is 2.86. The number of rotatable bonds is 5. The van der Waals surface area contributed by atoms with E-state index in [-0.39, 0.29) is 0 Å². The van der Waals surface area contributed by atoms with Crippen LogP contribution in [0.25, 0.3) is 0 Å². The lowest BCUT2D eigenvalue weighted by Crippen LogP contribution is -2.08. The molecule has 0 saturated carbocycles. The molecule has 19 heavy (non-hydrogen) atoms. The SMILES string of the molecule is CCc1nc(Br)cc(NCCc2cccc(C)c2)n1. The Morgan fingerprint density at radius 1 is 1.21 bits per heavy atom. The Balaban J connectivity index is 1.94. The Kier molecular flexibility index (Phi) is 4.91. The van der Waals surface area contributed by atoms with E-state index < -0.39 is 0 Å². The van der Waals surface area contributed by atoms with Crippen molar-refractivity contribution in [2.45, 2.75) is 26.7 Å². The molecular formula is C15H18BrN3. The highest BCUT2D eigenvalue weighted by atomic mass is 79.9. The molecule has 100 valence electrons. The Hall–Kier alpha value is -1.42. The molecule has 1 heterocycles. The number of aryl methyl sites for hydroxylation is 2. The fourth-order valence-corrected chi connectivity index (χ4v) is 2.34. The van der Waals surface area contributed by atoms with Crippen molar-refractivity contribution in [3.05, 3.63) is 51.9 Å². The number of benzene rings is 1. The van der Waals surface area contributed by atoms with Crippen LogP contribution in [-0.4, -0.2) is 16.5 Å². The molecule has 0 fully saturated rings. The third-order valence-corrected chi connectivity index (χ3v) is 3.27. The van der Waals surface area contributed by atoms with E-state index in [0.717, 1.165) is 35.6 Å². The van der Waals surface area contributed by atoms with Gasteiger partial charge in [-0.2, -0.15) is 0 Å². The number of nitrogens with zero attached hydrogens (tertiary/aromatic N) is 2. The van der Waals surface area contributed by atoms with Gasteiger partial charge >= 0.3 is 0 Å². The van der Waals surface area contributed by atoms with Crippen LogP contribution in [0, 0.1) is 6.92 Å². The fraction of sp³-hybridized carbons (Fsp3) is 0.333. The van der Waals surface area contributed by atoms with Gasteiger partial charge in [-0.3, -0.25) is 0 Å². The zero-order valence-electron chi connectivity index (χ0n) is 11.3. The first-order chi connectivity index (χ1) is 9.17. The summed E-state index contributed by atoms with van der Waals surface area (Å²) in [5.41, 5.74) is 2.65. The number of nitrogens with one attached hydrogen (secondary N) is 1. The van der Waals surface area contributed by atoms with Gasteiger partial charge in [-0.25, -0.2) is 9.97 Å².